The molecule has 1 atom stereocenters. The SMILES string of the molecule is C=CCOC(=O)c1ccc2c(c1)OC(c1cccc3ccccc13)C(=O)c1cccn1-2. The van der Waals surface area contributed by atoms with Crippen LogP contribution in [0.3, 0.4) is 0 Å². The number of benzene rings is 3. The first kappa shape index (κ1) is 18.9. The first-order valence-electron chi connectivity index (χ1n) is 9.95. The molecular formula is C26H19NO4. The van der Waals surface area contributed by atoms with E-state index in [1.165, 1.54) is 6.08 Å². The molecule has 3 aromatic carbocycles. The Kier molecular flexibility index (Phi) is 4.64. The molecular weight excluding hydrogens is 390 g/mol. The topological polar surface area (TPSA) is 57.5 Å². The summed E-state index contributed by atoms with van der Waals surface area (Å²) >= 11 is 0. The van der Waals surface area contributed by atoms with Crippen LogP contribution in [0.5, 0.6) is 5.75 Å². The van der Waals surface area contributed by atoms with Crippen molar-refractivity contribution < 1.29 is 19.1 Å². The standard InChI is InChI=1S/C26H19NO4/c1-2-15-30-26(29)18-12-13-21-23(16-18)31-25(24(28)22-11-6-14-27(21)22)20-10-5-8-17-7-3-4-9-19(17)20/h2-14,16,25H,1,15H2. The molecule has 5 rings (SSSR count). The van der Waals surface area contributed by atoms with E-state index >= 15 is 0 Å². The van der Waals surface area contributed by atoms with E-state index in [9.17, 15) is 9.59 Å². The van der Waals surface area contributed by atoms with Gasteiger partial charge in [-0.3, -0.25) is 4.79 Å². The molecule has 0 N–H and O–H groups in total. The third kappa shape index (κ3) is 3.20. The highest BCUT2D eigenvalue weighted by Crippen LogP contribution is 2.38. The van der Waals surface area contributed by atoms with E-state index in [0.29, 0.717) is 22.7 Å². The summed E-state index contributed by atoms with van der Waals surface area (Å²) in [4.78, 5) is 25.9. The smallest absolute Gasteiger partial charge is 0.338 e. The van der Waals surface area contributed by atoms with E-state index < -0.39 is 12.1 Å². The number of hydrogen-bond acceptors (Lipinski definition) is 4. The maximum atomic E-state index is 13.5. The number of aromatic nitrogens is 1. The Hall–Kier alpha value is -4.12. The Labute approximate surface area is 179 Å². The lowest BCUT2D eigenvalue weighted by molar-refractivity contribution is 0.0549. The summed E-state index contributed by atoms with van der Waals surface area (Å²) in [6, 6.07) is 22.4. The lowest BCUT2D eigenvalue weighted by atomic mass is 9.97. The van der Waals surface area contributed by atoms with Crippen molar-refractivity contribution in [2.75, 3.05) is 6.61 Å². The minimum Gasteiger partial charge on any atom is -0.475 e. The van der Waals surface area contributed by atoms with Crippen LogP contribution in [0.1, 0.15) is 32.5 Å². The van der Waals surface area contributed by atoms with Crippen molar-refractivity contribution in [2.24, 2.45) is 0 Å². The summed E-state index contributed by atoms with van der Waals surface area (Å²) in [7, 11) is 0. The van der Waals surface area contributed by atoms with Gasteiger partial charge in [-0.2, -0.15) is 0 Å². The highest BCUT2D eigenvalue weighted by Gasteiger charge is 2.32. The number of hydrogen-bond donors (Lipinski definition) is 0. The molecule has 0 radical (unpaired) electrons. The Bertz CT molecular complexity index is 1330. The van der Waals surface area contributed by atoms with Crippen molar-refractivity contribution in [3.63, 3.8) is 0 Å². The molecule has 1 aromatic heterocycles. The number of Topliss-reactive ketones (excluding diaryl/α,β-unsaturated/α-hetero) is 1. The third-order valence-electron chi connectivity index (χ3n) is 5.38. The molecule has 0 amide bonds. The van der Waals surface area contributed by atoms with Gasteiger partial charge >= 0.3 is 5.97 Å². The van der Waals surface area contributed by atoms with Crippen LogP contribution < -0.4 is 4.74 Å². The molecule has 5 nitrogen and oxygen atoms in total. The predicted octanol–water partition coefficient (Wildman–Crippen LogP) is 5.29. The van der Waals surface area contributed by atoms with E-state index in [2.05, 4.69) is 6.58 Å². The maximum absolute atomic E-state index is 13.5. The van der Waals surface area contributed by atoms with Gasteiger partial charge in [0.15, 0.2) is 6.10 Å². The molecule has 0 saturated heterocycles. The van der Waals surface area contributed by atoms with Gasteiger partial charge in [0.05, 0.1) is 16.9 Å². The van der Waals surface area contributed by atoms with Gasteiger partial charge in [0.1, 0.15) is 12.4 Å². The molecule has 0 spiro atoms. The van der Waals surface area contributed by atoms with Crippen LogP contribution in [0.15, 0.2) is 91.6 Å². The zero-order chi connectivity index (χ0) is 21.4. The van der Waals surface area contributed by atoms with Crippen LogP contribution in [-0.4, -0.2) is 22.9 Å². The first-order chi connectivity index (χ1) is 15.2. The summed E-state index contributed by atoms with van der Waals surface area (Å²) in [6.45, 7) is 3.68. The summed E-state index contributed by atoms with van der Waals surface area (Å²) in [5.41, 5.74) is 2.35. The number of fused-ring (bicyclic) bond motifs is 4. The lowest BCUT2D eigenvalue weighted by Crippen LogP contribution is -2.19. The molecule has 152 valence electrons. The van der Waals surface area contributed by atoms with Gasteiger partial charge in [-0.15, -0.1) is 0 Å². The zero-order valence-electron chi connectivity index (χ0n) is 16.7. The number of carbonyl (C=O) groups is 2. The summed E-state index contributed by atoms with van der Waals surface area (Å²) in [6.07, 6.45) is 2.48. The van der Waals surface area contributed by atoms with E-state index in [0.717, 1.165) is 16.3 Å². The van der Waals surface area contributed by atoms with Crippen LogP contribution in [0, 0.1) is 0 Å². The molecule has 1 aliphatic heterocycles. The van der Waals surface area contributed by atoms with Crippen LogP contribution in [0.4, 0.5) is 0 Å². The minimum absolute atomic E-state index is 0.121. The summed E-state index contributed by atoms with van der Waals surface area (Å²) < 4.78 is 13.3. The van der Waals surface area contributed by atoms with E-state index in [1.807, 2.05) is 54.7 Å². The monoisotopic (exact) mass is 409 g/mol. The molecule has 0 aliphatic carbocycles. The van der Waals surface area contributed by atoms with Gasteiger partial charge < -0.3 is 14.0 Å². The second kappa shape index (κ2) is 7.61. The van der Waals surface area contributed by atoms with Crippen molar-refractivity contribution in [1.29, 1.82) is 0 Å². The number of ether oxygens (including phenoxy) is 2. The normalized spacial score (nSPS) is 14.8. The Balaban J connectivity index is 1.66. The van der Waals surface area contributed by atoms with Gasteiger partial charge in [-0.25, -0.2) is 4.79 Å². The maximum Gasteiger partial charge on any atom is 0.338 e. The molecule has 1 aliphatic rings. The fourth-order valence-electron chi connectivity index (χ4n) is 3.94. The van der Waals surface area contributed by atoms with Crippen molar-refractivity contribution >= 4 is 22.5 Å². The van der Waals surface area contributed by atoms with Crippen molar-refractivity contribution in [3.05, 3.63) is 108 Å². The summed E-state index contributed by atoms with van der Waals surface area (Å²) in [5.74, 6) is -0.182. The van der Waals surface area contributed by atoms with E-state index in [1.54, 1.807) is 28.8 Å². The van der Waals surface area contributed by atoms with Crippen molar-refractivity contribution in [1.82, 2.24) is 4.57 Å². The van der Waals surface area contributed by atoms with Crippen LogP contribution >= 0.6 is 0 Å². The number of esters is 1. The molecule has 0 fully saturated rings. The Morgan fingerprint density at radius 1 is 1.06 bits per heavy atom. The Morgan fingerprint density at radius 2 is 1.90 bits per heavy atom. The predicted molar refractivity (Wildman–Crippen MR) is 118 cm³/mol. The fraction of sp³-hybridized carbons (Fsp3) is 0.0769. The second-order valence-corrected chi connectivity index (χ2v) is 7.26. The quantitative estimate of drug-likeness (QED) is 0.339. The second-order valence-electron chi connectivity index (χ2n) is 7.26. The van der Waals surface area contributed by atoms with Gasteiger partial charge in [0.2, 0.25) is 5.78 Å². The van der Waals surface area contributed by atoms with Gasteiger partial charge in [-0.1, -0.05) is 55.1 Å². The molecule has 2 heterocycles. The summed E-state index contributed by atoms with van der Waals surface area (Å²) in [5, 5.41) is 1.98. The van der Waals surface area contributed by atoms with Crippen molar-refractivity contribution in [3.8, 4) is 11.4 Å². The molecule has 0 bridgehead atoms. The highest BCUT2D eigenvalue weighted by molar-refractivity contribution is 6.03. The number of carbonyl (C=O) groups excluding carboxylic acids is 2. The van der Waals surface area contributed by atoms with Gasteiger partial charge in [0, 0.05) is 11.8 Å². The number of ketones is 1. The molecule has 4 aromatic rings. The Morgan fingerprint density at radius 3 is 2.77 bits per heavy atom. The minimum atomic E-state index is -0.847. The largest absolute Gasteiger partial charge is 0.475 e. The number of nitrogens with zero attached hydrogens (tertiary/aromatic N) is 1. The first-order valence-corrected chi connectivity index (χ1v) is 9.95. The molecule has 1 unspecified atom stereocenters. The average molecular weight is 409 g/mol. The molecule has 5 heteroatoms. The van der Waals surface area contributed by atoms with E-state index in [-0.39, 0.29) is 12.4 Å². The average Bonchev–Trinajstić information content (AvgIpc) is 3.26. The zero-order valence-corrected chi connectivity index (χ0v) is 16.7. The van der Waals surface area contributed by atoms with Crippen LogP contribution in [0.2, 0.25) is 0 Å². The van der Waals surface area contributed by atoms with Crippen LogP contribution in [-0.2, 0) is 4.74 Å². The fourth-order valence-corrected chi connectivity index (χ4v) is 3.94. The lowest BCUT2D eigenvalue weighted by Gasteiger charge is -2.18. The number of rotatable bonds is 4. The highest BCUT2D eigenvalue weighted by atomic mass is 16.5. The molecule has 31 heavy (non-hydrogen) atoms. The van der Waals surface area contributed by atoms with Crippen LogP contribution in [0.25, 0.3) is 16.5 Å². The van der Waals surface area contributed by atoms with Gasteiger partial charge in [0.25, 0.3) is 0 Å². The van der Waals surface area contributed by atoms with Gasteiger partial charge in [-0.05, 0) is 41.1 Å². The third-order valence-corrected chi connectivity index (χ3v) is 5.38. The van der Waals surface area contributed by atoms with E-state index in [4.69, 9.17) is 9.47 Å². The van der Waals surface area contributed by atoms with Crippen molar-refractivity contribution in [2.45, 2.75) is 6.10 Å². The molecule has 0 saturated carbocycles.